The molecule has 1 unspecified atom stereocenters. The van der Waals surface area contributed by atoms with E-state index in [9.17, 15) is 4.57 Å². The van der Waals surface area contributed by atoms with Crippen LogP contribution in [-0.4, -0.2) is 6.66 Å². The number of rotatable bonds is 0. The SMILES string of the molecule is C#CC1=C(C)OP(C)(=O)O1. The Balaban J connectivity index is 2.91. The van der Waals surface area contributed by atoms with E-state index in [4.69, 9.17) is 15.5 Å². The second-order valence-corrected chi connectivity index (χ2v) is 3.89. The topological polar surface area (TPSA) is 35.5 Å². The van der Waals surface area contributed by atoms with Crippen molar-refractivity contribution in [1.29, 1.82) is 0 Å². The van der Waals surface area contributed by atoms with Crippen LogP contribution in [0.2, 0.25) is 0 Å². The van der Waals surface area contributed by atoms with Gasteiger partial charge in [0.1, 0.15) is 0 Å². The number of hydrogen-bond donors (Lipinski definition) is 0. The Morgan fingerprint density at radius 2 is 2.20 bits per heavy atom. The van der Waals surface area contributed by atoms with E-state index in [1.807, 2.05) is 0 Å². The lowest BCUT2D eigenvalue weighted by Gasteiger charge is -2.02. The molecule has 0 aliphatic carbocycles. The molecule has 0 aromatic heterocycles. The first-order valence-electron chi connectivity index (χ1n) is 2.69. The average Bonchev–Trinajstić information content (AvgIpc) is 2.05. The van der Waals surface area contributed by atoms with Crippen molar-refractivity contribution < 1.29 is 13.6 Å². The van der Waals surface area contributed by atoms with E-state index < -0.39 is 7.60 Å². The summed E-state index contributed by atoms with van der Waals surface area (Å²) >= 11 is 0. The van der Waals surface area contributed by atoms with Gasteiger partial charge in [-0.1, -0.05) is 0 Å². The number of terminal acetylenes is 1. The molecule has 1 aliphatic heterocycles. The maximum Gasteiger partial charge on any atom is 0.428 e. The molecule has 0 saturated heterocycles. The Bertz CT molecular complexity index is 271. The molecule has 0 radical (unpaired) electrons. The first-order chi connectivity index (χ1) is 4.55. The average molecular weight is 158 g/mol. The van der Waals surface area contributed by atoms with E-state index in [2.05, 4.69) is 5.92 Å². The van der Waals surface area contributed by atoms with Crippen LogP contribution >= 0.6 is 7.60 Å². The van der Waals surface area contributed by atoms with Crippen LogP contribution in [0.15, 0.2) is 11.5 Å². The fourth-order valence-corrected chi connectivity index (χ4v) is 1.80. The van der Waals surface area contributed by atoms with Gasteiger partial charge in [-0.3, -0.25) is 0 Å². The van der Waals surface area contributed by atoms with Crippen molar-refractivity contribution in [3.8, 4) is 12.3 Å². The predicted octanol–water partition coefficient (Wildman–Crippen LogP) is 1.72. The lowest BCUT2D eigenvalue weighted by Crippen LogP contribution is -1.76. The van der Waals surface area contributed by atoms with Gasteiger partial charge in [-0.2, -0.15) is 0 Å². The Kier molecular flexibility index (Phi) is 1.50. The number of allylic oxidation sites excluding steroid dienone is 2. The Labute approximate surface area is 59.6 Å². The molecule has 1 aliphatic rings. The van der Waals surface area contributed by atoms with Gasteiger partial charge >= 0.3 is 7.60 Å². The monoisotopic (exact) mass is 158 g/mol. The maximum atomic E-state index is 11.0. The van der Waals surface area contributed by atoms with Crippen molar-refractivity contribution in [1.82, 2.24) is 0 Å². The summed E-state index contributed by atoms with van der Waals surface area (Å²) in [7, 11) is -2.89. The fraction of sp³-hybridized carbons (Fsp3) is 0.333. The van der Waals surface area contributed by atoms with Crippen molar-refractivity contribution in [3.63, 3.8) is 0 Å². The molecule has 0 aromatic carbocycles. The van der Waals surface area contributed by atoms with Crippen LogP contribution in [0, 0.1) is 12.3 Å². The molecule has 1 atom stereocenters. The second kappa shape index (κ2) is 2.07. The zero-order valence-corrected chi connectivity index (χ0v) is 6.64. The van der Waals surface area contributed by atoms with Crippen LogP contribution in [0.25, 0.3) is 0 Å². The summed E-state index contributed by atoms with van der Waals surface area (Å²) in [6.45, 7) is 3.00. The van der Waals surface area contributed by atoms with E-state index in [0.717, 1.165) is 0 Å². The van der Waals surface area contributed by atoms with Gasteiger partial charge in [0.25, 0.3) is 0 Å². The summed E-state index contributed by atoms with van der Waals surface area (Å²) in [6, 6.07) is 0. The summed E-state index contributed by atoms with van der Waals surface area (Å²) in [5, 5.41) is 0. The molecule has 0 aromatic rings. The molecule has 1 rings (SSSR count). The van der Waals surface area contributed by atoms with E-state index in [1.54, 1.807) is 6.92 Å². The van der Waals surface area contributed by atoms with Crippen LogP contribution in [0.4, 0.5) is 0 Å². The molecule has 10 heavy (non-hydrogen) atoms. The van der Waals surface area contributed by atoms with E-state index >= 15 is 0 Å². The predicted molar refractivity (Wildman–Crippen MR) is 37.2 cm³/mol. The summed E-state index contributed by atoms with van der Waals surface area (Å²) in [6.07, 6.45) is 5.01. The number of hydrogen-bond acceptors (Lipinski definition) is 3. The second-order valence-electron chi connectivity index (χ2n) is 1.98. The van der Waals surface area contributed by atoms with Crippen LogP contribution in [0.1, 0.15) is 6.92 Å². The third-order valence-corrected chi connectivity index (χ3v) is 2.13. The Hall–Kier alpha value is -0.870. The summed E-state index contributed by atoms with van der Waals surface area (Å²) in [5.41, 5.74) is 0. The van der Waals surface area contributed by atoms with Crippen molar-refractivity contribution >= 4 is 7.60 Å². The van der Waals surface area contributed by atoms with Gasteiger partial charge in [0.2, 0.25) is 5.76 Å². The molecule has 54 valence electrons. The molecule has 1 heterocycles. The third-order valence-electron chi connectivity index (χ3n) is 1.01. The largest absolute Gasteiger partial charge is 0.428 e. The summed E-state index contributed by atoms with van der Waals surface area (Å²) in [4.78, 5) is 0. The van der Waals surface area contributed by atoms with E-state index in [1.165, 1.54) is 6.66 Å². The smallest absolute Gasteiger partial charge is 0.416 e. The van der Waals surface area contributed by atoms with Crippen LogP contribution in [0.3, 0.4) is 0 Å². The molecular weight excluding hydrogens is 151 g/mol. The van der Waals surface area contributed by atoms with Crippen molar-refractivity contribution in [2.75, 3.05) is 6.66 Å². The minimum absolute atomic E-state index is 0.242. The van der Waals surface area contributed by atoms with Gasteiger partial charge < -0.3 is 9.05 Å². The standard InChI is InChI=1S/C6H7O3P/c1-4-6-5(2)8-10(3,7)9-6/h1H,2-3H3. The van der Waals surface area contributed by atoms with E-state index in [-0.39, 0.29) is 5.76 Å². The highest BCUT2D eigenvalue weighted by Crippen LogP contribution is 2.53. The summed E-state index contributed by atoms with van der Waals surface area (Å²) < 4.78 is 20.6. The molecule has 3 nitrogen and oxygen atoms in total. The van der Waals surface area contributed by atoms with Crippen LogP contribution in [0.5, 0.6) is 0 Å². The Morgan fingerprint density at radius 3 is 2.40 bits per heavy atom. The molecule has 0 amide bonds. The molecular formula is C6H7O3P. The van der Waals surface area contributed by atoms with Gasteiger partial charge in [0.15, 0.2) is 5.76 Å². The third kappa shape index (κ3) is 1.17. The highest BCUT2D eigenvalue weighted by Gasteiger charge is 2.29. The van der Waals surface area contributed by atoms with Crippen molar-refractivity contribution in [2.45, 2.75) is 6.92 Å². The van der Waals surface area contributed by atoms with Crippen LogP contribution in [-0.2, 0) is 13.6 Å². The fourth-order valence-electron chi connectivity index (χ4n) is 0.667. The van der Waals surface area contributed by atoms with Crippen molar-refractivity contribution in [2.24, 2.45) is 0 Å². The first kappa shape index (κ1) is 7.24. The highest BCUT2D eigenvalue weighted by atomic mass is 31.2. The maximum absolute atomic E-state index is 11.0. The van der Waals surface area contributed by atoms with Gasteiger partial charge in [0.05, 0.1) is 6.66 Å². The first-order valence-corrected chi connectivity index (χ1v) is 4.68. The molecule has 0 spiro atoms. The molecule has 0 N–H and O–H groups in total. The zero-order chi connectivity index (χ0) is 7.78. The van der Waals surface area contributed by atoms with Gasteiger partial charge in [0, 0.05) is 0 Å². The quantitative estimate of drug-likeness (QED) is 0.397. The molecule has 0 saturated carbocycles. The van der Waals surface area contributed by atoms with Crippen molar-refractivity contribution in [3.05, 3.63) is 11.5 Å². The summed E-state index contributed by atoms with van der Waals surface area (Å²) in [5.74, 6) is 2.90. The van der Waals surface area contributed by atoms with Crippen LogP contribution < -0.4 is 0 Å². The molecule has 0 fully saturated rings. The molecule has 4 heteroatoms. The van der Waals surface area contributed by atoms with E-state index in [0.29, 0.717) is 5.76 Å². The minimum Gasteiger partial charge on any atom is -0.416 e. The lowest BCUT2D eigenvalue weighted by molar-refractivity contribution is 0.364. The Morgan fingerprint density at radius 1 is 1.60 bits per heavy atom. The van der Waals surface area contributed by atoms with Gasteiger partial charge in [-0.15, -0.1) is 6.42 Å². The zero-order valence-electron chi connectivity index (χ0n) is 5.75. The minimum atomic E-state index is -2.89. The van der Waals surface area contributed by atoms with Gasteiger partial charge in [-0.25, -0.2) is 4.57 Å². The van der Waals surface area contributed by atoms with Gasteiger partial charge in [-0.05, 0) is 12.8 Å². The highest BCUT2D eigenvalue weighted by molar-refractivity contribution is 7.53. The normalized spacial score (nSPS) is 30.9. The molecule has 0 bridgehead atoms. The lowest BCUT2D eigenvalue weighted by atomic mass is 10.4.